The number of urea groups is 1. The van der Waals surface area contributed by atoms with E-state index >= 15 is 0 Å². The van der Waals surface area contributed by atoms with Crippen LogP contribution in [0.5, 0.6) is 5.75 Å². The molecule has 0 radical (unpaired) electrons. The van der Waals surface area contributed by atoms with E-state index in [1.54, 1.807) is 29.2 Å². The number of hydrogen-bond acceptors (Lipinski definition) is 4. The van der Waals surface area contributed by atoms with Crippen molar-refractivity contribution in [2.45, 2.75) is 59.6 Å². The minimum Gasteiger partial charge on any atom is -0.469 e. The molecule has 0 aromatic heterocycles. The molecule has 3 rings (SSSR count). The first-order valence-electron chi connectivity index (χ1n) is 11.5. The normalized spacial score (nSPS) is 16.8. The molecule has 0 spiro atoms. The van der Waals surface area contributed by atoms with Crippen LogP contribution in [-0.2, 0) is 4.79 Å². The molecule has 1 saturated heterocycles. The molecule has 1 atom stereocenters. The summed E-state index contributed by atoms with van der Waals surface area (Å²) in [6.45, 7) is 8.43. The summed E-state index contributed by atoms with van der Waals surface area (Å²) in [6.07, 6.45) is 2.10. The molecule has 1 fully saturated rings. The number of unbranched alkanes of at least 4 members (excludes halogenated alkanes) is 1. The number of amides is 3. The summed E-state index contributed by atoms with van der Waals surface area (Å²) in [6, 6.07) is 13.7. The van der Waals surface area contributed by atoms with Gasteiger partial charge in [0.1, 0.15) is 11.2 Å². The fourth-order valence-electron chi connectivity index (χ4n) is 4.19. The van der Waals surface area contributed by atoms with Gasteiger partial charge in [-0.05, 0) is 74.2 Å². The molecule has 1 aliphatic rings. The van der Waals surface area contributed by atoms with E-state index in [2.05, 4.69) is 6.92 Å². The van der Waals surface area contributed by atoms with Crippen LogP contribution >= 0.6 is 11.6 Å². The molecule has 0 saturated carbocycles. The Hall–Kier alpha value is -2.86. The first-order chi connectivity index (χ1) is 15.8. The lowest BCUT2D eigenvalue weighted by Gasteiger charge is -2.54. The zero-order valence-corrected chi connectivity index (χ0v) is 20.4. The summed E-state index contributed by atoms with van der Waals surface area (Å²) in [5.74, 6) is 0.248. The van der Waals surface area contributed by atoms with Crippen LogP contribution in [0.4, 0.5) is 10.5 Å². The highest BCUT2D eigenvalue weighted by Crippen LogP contribution is 2.46. The van der Waals surface area contributed by atoms with Gasteiger partial charge in [0.05, 0.1) is 0 Å². The molecular formula is C26H31ClN2O4. The van der Waals surface area contributed by atoms with Gasteiger partial charge in [0.15, 0.2) is 6.23 Å². The number of aryl methyl sites for hydroxylation is 1. The fourth-order valence-corrected chi connectivity index (χ4v) is 4.31. The molecule has 0 aliphatic carbocycles. The van der Waals surface area contributed by atoms with Gasteiger partial charge in [0, 0.05) is 17.8 Å². The zero-order chi connectivity index (χ0) is 24.2. The van der Waals surface area contributed by atoms with Gasteiger partial charge >= 0.3 is 6.03 Å². The second kappa shape index (κ2) is 10.4. The minimum atomic E-state index is -0.777. The Morgan fingerprint density at radius 2 is 1.64 bits per heavy atom. The molecule has 6 nitrogen and oxygen atoms in total. The molecule has 0 bridgehead atoms. The number of benzene rings is 2. The van der Waals surface area contributed by atoms with Crippen LogP contribution in [0.25, 0.3) is 0 Å². The number of halogens is 1. The maximum atomic E-state index is 13.7. The molecule has 33 heavy (non-hydrogen) atoms. The van der Waals surface area contributed by atoms with Gasteiger partial charge < -0.3 is 4.74 Å². The van der Waals surface area contributed by atoms with E-state index in [1.165, 1.54) is 4.90 Å². The van der Waals surface area contributed by atoms with Gasteiger partial charge in [-0.25, -0.2) is 9.69 Å². The Bertz CT molecular complexity index is 1000. The lowest BCUT2D eigenvalue weighted by molar-refractivity contribution is -0.190. The number of nitrogens with zero attached hydrogens (tertiary/aromatic N) is 2. The monoisotopic (exact) mass is 470 g/mol. The van der Waals surface area contributed by atoms with Crippen LogP contribution in [0.15, 0.2) is 48.5 Å². The number of likely N-dealkylation sites (tertiary alicyclic amines) is 1. The van der Waals surface area contributed by atoms with Crippen LogP contribution in [0.1, 0.15) is 62.4 Å². The largest absolute Gasteiger partial charge is 0.469 e. The number of carbonyl (C=O) groups excluding carboxylic acids is 3. The summed E-state index contributed by atoms with van der Waals surface area (Å²) in [4.78, 5) is 41.3. The van der Waals surface area contributed by atoms with Crippen molar-refractivity contribution in [3.05, 3.63) is 59.7 Å². The van der Waals surface area contributed by atoms with Crippen molar-refractivity contribution in [1.82, 2.24) is 4.90 Å². The molecule has 0 N–H and O–H groups in total. The van der Waals surface area contributed by atoms with Gasteiger partial charge in [-0.3, -0.25) is 14.5 Å². The Kier molecular flexibility index (Phi) is 7.80. The van der Waals surface area contributed by atoms with Gasteiger partial charge in [-0.1, -0.05) is 44.9 Å². The Morgan fingerprint density at radius 1 is 1.03 bits per heavy atom. The molecule has 1 aliphatic heterocycles. The van der Waals surface area contributed by atoms with E-state index < -0.39 is 16.9 Å². The minimum absolute atomic E-state index is 0.219. The summed E-state index contributed by atoms with van der Waals surface area (Å²) < 4.78 is 6.20. The van der Waals surface area contributed by atoms with Gasteiger partial charge in [0.25, 0.3) is 5.24 Å². The smallest absolute Gasteiger partial charge is 0.334 e. The van der Waals surface area contributed by atoms with E-state index in [4.69, 9.17) is 16.3 Å². The maximum absolute atomic E-state index is 13.7. The number of anilines is 1. The molecular weight excluding hydrogens is 440 g/mol. The van der Waals surface area contributed by atoms with E-state index in [0.29, 0.717) is 30.7 Å². The number of hydrogen-bond donors (Lipinski definition) is 0. The summed E-state index contributed by atoms with van der Waals surface area (Å²) in [5.41, 5.74) is 1.42. The number of β-lactam (4-membered cyclic amide) rings is 1. The first kappa shape index (κ1) is 24.8. The highest BCUT2D eigenvalue weighted by molar-refractivity contribution is 6.67. The standard InChI is InChI=1S/C26H31ClN2O4/c1-5-8-17-28(20-13-9-18(4)10-14-20)25(32)29-23(31)26(6-2,7-3)24(29)33-21-15-11-19(12-16-21)22(27)30/h9-16,24H,5-8,17H2,1-4H3/t24-/m0/s1. The molecule has 7 heteroatoms. The number of ether oxygens (including phenoxy) is 1. The average Bonchev–Trinajstić information content (AvgIpc) is 2.81. The van der Waals surface area contributed by atoms with Crippen molar-refractivity contribution in [3.8, 4) is 5.75 Å². The second-order valence-electron chi connectivity index (χ2n) is 8.43. The van der Waals surface area contributed by atoms with Crippen molar-refractivity contribution in [3.63, 3.8) is 0 Å². The van der Waals surface area contributed by atoms with Crippen molar-refractivity contribution < 1.29 is 19.1 Å². The van der Waals surface area contributed by atoms with Crippen LogP contribution in [0.2, 0.25) is 0 Å². The third-order valence-electron chi connectivity index (χ3n) is 6.46. The SMILES string of the molecule is CCCCN(C(=O)N1C(=O)C(CC)(CC)[C@@H]1Oc1ccc(C(=O)Cl)cc1)c1ccc(C)cc1. The van der Waals surface area contributed by atoms with Gasteiger partial charge in [-0.15, -0.1) is 0 Å². The zero-order valence-electron chi connectivity index (χ0n) is 19.6. The number of carbonyl (C=O) groups is 3. The third-order valence-corrected chi connectivity index (χ3v) is 6.68. The Morgan fingerprint density at radius 3 is 2.15 bits per heavy atom. The van der Waals surface area contributed by atoms with Crippen LogP contribution in [0, 0.1) is 12.3 Å². The van der Waals surface area contributed by atoms with Gasteiger partial charge in [-0.2, -0.15) is 0 Å². The van der Waals surface area contributed by atoms with E-state index in [1.807, 2.05) is 45.0 Å². The summed E-state index contributed by atoms with van der Waals surface area (Å²) in [7, 11) is 0. The van der Waals surface area contributed by atoms with Crippen LogP contribution < -0.4 is 9.64 Å². The van der Waals surface area contributed by atoms with Crippen LogP contribution in [-0.4, -0.2) is 34.9 Å². The van der Waals surface area contributed by atoms with Crippen LogP contribution in [0.3, 0.4) is 0 Å². The van der Waals surface area contributed by atoms with Crippen molar-refractivity contribution in [1.29, 1.82) is 0 Å². The van der Waals surface area contributed by atoms with Crippen molar-refractivity contribution in [2.75, 3.05) is 11.4 Å². The maximum Gasteiger partial charge on any atom is 0.334 e. The molecule has 2 aromatic rings. The number of rotatable bonds is 9. The Labute approximate surface area is 200 Å². The van der Waals surface area contributed by atoms with E-state index in [0.717, 1.165) is 24.1 Å². The second-order valence-corrected chi connectivity index (χ2v) is 8.77. The van der Waals surface area contributed by atoms with E-state index in [-0.39, 0.29) is 11.9 Å². The molecule has 176 valence electrons. The average molecular weight is 471 g/mol. The van der Waals surface area contributed by atoms with Crippen molar-refractivity contribution in [2.24, 2.45) is 5.41 Å². The number of imide groups is 1. The van der Waals surface area contributed by atoms with E-state index in [9.17, 15) is 14.4 Å². The lowest BCUT2D eigenvalue weighted by Crippen LogP contribution is -2.74. The fraction of sp³-hybridized carbons (Fsp3) is 0.423. The molecule has 2 aromatic carbocycles. The summed E-state index contributed by atoms with van der Waals surface area (Å²) in [5, 5.41) is -0.557. The predicted octanol–water partition coefficient (Wildman–Crippen LogP) is 6.15. The third kappa shape index (κ3) is 4.76. The molecule has 1 heterocycles. The Balaban J connectivity index is 1.93. The van der Waals surface area contributed by atoms with Crippen molar-refractivity contribution >= 4 is 34.5 Å². The topological polar surface area (TPSA) is 66.9 Å². The predicted molar refractivity (Wildman–Crippen MR) is 130 cm³/mol. The summed E-state index contributed by atoms with van der Waals surface area (Å²) >= 11 is 5.54. The lowest BCUT2D eigenvalue weighted by atomic mass is 9.72. The van der Waals surface area contributed by atoms with Gasteiger partial charge in [0.2, 0.25) is 5.91 Å². The molecule has 0 unspecified atom stereocenters. The molecule has 3 amide bonds. The highest BCUT2D eigenvalue weighted by atomic mass is 35.5. The highest BCUT2D eigenvalue weighted by Gasteiger charge is 2.63. The first-order valence-corrected chi connectivity index (χ1v) is 11.8. The quantitative estimate of drug-likeness (QED) is 0.325.